The van der Waals surface area contributed by atoms with Gasteiger partial charge in [0.1, 0.15) is 11.7 Å². The monoisotopic (exact) mass is 399 g/mol. The predicted molar refractivity (Wildman–Crippen MR) is 115 cm³/mol. The van der Waals surface area contributed by atoms with Gasteiger partial charge in [-0.1, -0.05) is 52.4 Å². The molecule has 0 saturated carbocycles. The number of rotatable bonds is 15. The molecule has 5 heteroatoms. The fourth-order valence-electron chi connectivity index (χ4n) is 3.00. The maximum absolute atomic E-state index is 12.3. The van der Waals surface area contributed by atoms with Gasteiger partial charge in [0.15, 0.2) is 0 Å². The summed E-state index contributed by atoms with van der Waals surface area (Å²) in [5, 5.41) is 0. The predicted octanol–water partition coefficient (Wildman–Crippen LogP) is 6.49. The van der Waals surface area contributed by atoms with Gasteiger partial charge in [0.25, 0.3) is 0 Å². The van der Waals surface area contributed by atoms with Crippen LogP contribution in [0.25, 0.3) is 0 Å². The van der Waals surface area contributed by atoms with E-state index in [1.54, 1.807) is 7.05 Å². The Morgan fingerprint density at radius 2 is 1.39 bits per heavy atom. The van der Waals surface area contributed by atoms with E-state index in [0.717, 1.165) is 25.7 Å². The summed E-state index contributed by atoms with van der Waals surface area (Å²) in [5.41, 5.74) is -0.507. The van der Waals surface area contributed by atoms with Crippen LogP contribution in [0.4, 0.5) is 4.79 Å². The van der Waals surface area contributed by atoms with E-state index in [0.29, 0.717) is 19.4 Å². The molecule has 0 unspecified atom stereocenters. The van der Waals surface area contributed by atoms with Crippen molar-refractivity contribution in [2.24, 2.45) is 0 Å². The Labute approximate surface area is 173 Å². The lowest BCUT2D eigenvalue weighted by atomic mass is 10.0. The highest BCUT2D eigenvalue weighted by Crippen LogP contribution is 2.17. The van der Waals surface area contributed by atoms with Crippen molar-refractivity contribution in [1.29, 1.82) is 0 Å². The second-order valence-electron chi connectivity index (χ2n) is 8.82. The van der Waals surface area contributed by atoms with Crippen LogP contribution in [-0.2, 0) is 14.3 Å². The summed E-state index contributed by atoms with van der Waals surface area (Å²) in [6.07, 6.45) is 12.1. The van der Waals surface area contributed by atoms with E-state index in [-0.39, 0.29) is 18.2 Å². The minimum Gasteiger partial charge on any atom is -0.462 e. The second kappa shape index (κ2) is 15.6. The summed E-state index contributed by atoms with van der Waals surface area (Å²) >= 11 is 0. The molecule has 0 fully saturated rings. The molecule has 1 amide bonds. The summed E-state index contributed by atoms with van der Waals surface area (Å²) in [4.78, 5) is 25.7. The Balaban J connectivity index is 4.23. The highest BCUT2D eigenvalue weighted by Gasteiger charge is 2.20. The number of amides is 1. The Morgan fingerprint density at radius 3 is 1.86 bits per heavy atom. The van der Waals surface area contributed by atoms with Gasteiger partial charge in [-0.05, 0) is 52.9 Å². The highest BCUT2D eigenvalue weighted by molar-refractivity contribution is 5.70. The fraction of sp³-hybridized carbons (Fsp3) is 0.913. The Kier molecular flexibility index (Phi) is 14.9. The molecule has 0 aromatic carbocycles. The number of unbranched alkanes of at least 4 members (excludes halogenated alkanes) is 6. The van der Waals surface area contributed by atoms with Crippen molar-refractivity contribution in [2.45, 2.75) is 123 Å². The third-order valence-electron chi connectivity index (χ3n) is 4.64. The lowest BCUT2D eigenvalue weighted by Crippen LogP contribution is -2.35. The Morgan fingerprint density at radius 1 is 0.857 bits per heavy atom. The Hall–Kier alpha value is -1.26. The molecule has 0 aromatic rings. The molecule has 0 aliphatic heterocycles. The van der Waals surface area contributed by atoms with E-state index in [9.17, 15) is 9.59 Å². The lowest BCUT2D eigenvalue weighted by Gasteiger charge is -2.24. The first kappa shape index (κ1) is 26.7. The van der Waals surface area contributed by atoms with E-state index >= 15 is 0 Å². The average molecular weight is 400 g/mol. The van der Waals surface area contributed by atoms with Gasteiger partial charge in [-0.15, -0.1) is 0 Å². The smallest absolute Gasteiger partial charge is 0.410 e. The van der Waals surface area contributed by atoms with Crippen molar-refractivity contribution in [3.8, 4) is 0 Å². The number of ether oxygens (including phenoxy) is 2. The molecule has 0 radical (unpaired) electrons. The van der Waals surface area contributed by atoms with Gasteiger partial charge in [-0.2, -0.15) is 0 Å². The second-order valence-corrected chi connectivity index (χ2v) is 8.82. The molecule has 0 bridgehead atoms. The zero-order valence-corrected chi connectivity index (χ0v) is 19.3. The minimum absolute atomic E-state index is 0.0461. The first-order valence-corrected chi connectivity index (χ1v) is 11.3. The van der Waals surface area contributed by atoms with Crippen LogP contribution in [0.1, 0.15) is 112 Å². The summed E-state index contributed by atoms with van der Waals surface area (Å²) in [6, 6.07) is 0. The molecule has 0 aliphatic rings. The highest BCUT2D eigenvalue weighted by atomic mass is 16.6. The van der Waals surface area contributed by atoms with Crippen molar-refractivity contribution >= 4 is 12.1 Å². The van der Waals surface area contributed by atoms with Crippen molar-refractivity contribution in [1.82, 2.24) is 4.90 Å². The van der Waals surface area contributed by atoms with E-state index < -0.39 is 5.60 Å². The molecule has 0 spiro atoms. The molecule has 0 aromatic heterocycles. The van der Waals surface area contributed by atoms with Crippen LogP contribution in [0.15, 0.2) is 0 Å². The summed E-state index contributed by atoms with van der Waals surface area (Å²) < 4.78 is 11.1. The van der Waals surface area contributed by atoms with Crippen LogP contribution in [0, 0.1) is 0 Å². The van der Waals surface area contributed by atoms with Gasteiger partial charge in [-0.25, -0.2) is 4.79 Å². The molecule has 28 heavy (non-hydrogen) atoms. The minimum atomic E-state index is -0.507. The number of esters is 1. The quantitative estimate of drug-likeness (QED) is 0.233. The summed E-state index contributed by atoms with van der Waals surface area (Å²) in [6.45, 7) is 10.4. The summed E-state index contributed by atoms with van der Waals surface area (Å²) in [7, 11) is 1.70. The first-order chi connectivity index (χ1) is 13.2. The summed E-state index contributed by atoms with van der Waals surface area (Å²) in [5.74, 6) is -0.145. The zero-order chi connectivity index (χ0) is 21.4. The van der Waals surface area contributed by atoms with Crippen molar-refractivity contribution in [3.05, 3.63) is 0 Å². The molecule has 0 atom stereocenters. The third-order valence-corrected chi connectivity index (χ3v) is 4.64. The fourth-order valence-corrected chi connectivity index (χ4v) is 3.00. The third kappa shape index (κ3) is 15.8. The largest absolute Gasteiger partial charge is 0.462 e. The lowest BCUT2D eigenvalue weighted by molar-refractivity contribution is -0.150. The van der Waals surface area contributed by atoms with Gasteiger partial charge < -0.3 is 14.4 Å². The van der Waals surface area contributed by atoms with E-state index in [2.05, 4.69) is 13.8 Å². The number of nitrogens with zero attached hydrogens (tertiary/aromatic N) is 1. The molecule has 0 heterocycles. The maximum Gasteiger partial charge on any atom is 0.410 e. The van der Waals surface area contributed by atoms with Crippen LogP contribution >= 0.6 is 0 Å². The molecule has 5 nitrogen and oxygen atoms in total. The molecule has 0 rings (SSSR count). The SMILES string of the molecule is CCCCCCC(CCCCCC)OC(=O)CCCN(C)C(=O)OC(C)(C)C. The van der Waals surface area contributed by atoms with Gasteiger partial charge >= 0.3 is 12.1 Å². The van der Waals surface area contributed by atoms with Gasteiger partial charge in [0, 0.05) is 20.0 Å². The zero-order valence-electron chi connectivity index (χ0n) is 19.3. The Bertz CT molecular complexity index is 405. The van der Waals surface area contributed by atoms with Crippen LogP contribution in [0.3, 0.4) is 0 Å². The van der Waals surface area contributed by atoms with Crippen LogP contribution in [-0.4, -0.2) is 42.3 Å². The van der Waals surface area contributed by atoms with E-state index in [1.807, 2.05) is 20.8 Å². The van der Waals surface area contributed by atoms with Crippen molar-refractivity contribution in [2.75, 3.05) is 13.6 Å². The number of hydrogen-bond acceptors (Lipinski definition) is 4. The van der Waals surface area contributed by atoms with Gasteiger partial charge in [0.2, 0.25) is 0 Å². The normalized spacial score (nSPS) is 11.5. The topological polar surface area (TPSA) is 55.8 Å². The number of carbonyl (C=O) groups is 2. The molecule has 0 N–H and O–H groups in total. The molecule has 0 saturated heterocycles. The van der Waals surface area contributed by atoms with Crippen molar-refractivity contribution in [3.63, 3.8) is 0 Å². The standard InChI is InChI=1S/C23H45NO4/c1-7-9-11-13-16-20(17-14-12-10-8-2)27-21(25)18-15-19-24(6)22(26)28-23(3,4)5/h20H,7-19H2,1-6H3. The van der Waals surface area contributed by atoms with Gasteiger partial charge in [-0.3, -0.25) is 4.79 Å². The van der Waals surface area contributed by atoms with Crippen LogP contribution < -0.4 is 0 Å². The molecular weight excluding hydrogens is 354 g/mol. The van der Waals surface area contributed by atoms with E-state index in [4.69, 9.17) is 9.47 Å². The number of carbonyl (C=O) groups excluding carboxylic acids is 2. The maximum atomic E-state index is 12.3. The van der Waals surface area contributed by atoms with Crippen LogP contribution in [0.2, 0.25) is 0 Å². The average Bonchev–Trinajstić information content (AvgIpc) is 2.60. The molecule has 0 aliphatic carbocycles. The van der Waals surface area contributed by atoms with Gasteiger partial charge in [0.05, 0.1) is 0 Å². The molecular formula is C23H45NO4. The number of hydrogen-bond donors (Lipinski definition) is 0. The molecule has 166 valence electrons. The first-order valence-electron chi connectivity index (χ1n) is 11.3. The van der Waals surface area contributed by atoms with E-state index in [1.165, 1.54) is 43.4 Å². The van der Waals surface area contributed by atoms with Crippen molar-refractivity contribution < 1.29 is 19.1 Å². The van der Waals surface area contributed by atoms with Crippen LogP contribution in [0.5, 0.6) is 0 Å².